The third-order valence-electron chi connectivity index (χ3n) is 3.65. The molecular formula is C17H13Cl2FN2O2. The van der Waals surface area contributed by atoms with E-state index >= 15 is 0 Å². The minimum absolute atomic E-state index is 0.131. The molecule has 4 nitrogen and oxygen atoms in total. The van der Waals surface area contributed by atoms with Crippen LogP contribution in [0.2, 0.25) is 10.0 Å². The van der Waals surface area contributed by atoms with E-state index in [4.69, 9.17) is 28.0 Å². The summed E-state index contributed by atoms with van der Waals surface area (Å²) in [5.41, 5.74) is 1.93. The molecule has 1 aliphatic rings. The van der Waals surface area contributed by atoms with Gasteiger partial charge in [-0.05, 0) is 36.8 Å². The number of carbonyl (C=O) groups excluding carboxylic acids is 1. The zero-order chi connectivity index (χ0) is 17.3. The van der Waals surface area contributed by atoms with Gasteiger partial charge in [-0.1, -0.05) is 40.5 Å². The van der Waals surface area contributed by atoms with Crippen LogP contribution in [0.5, 0.6) is 0 Å². The first-order valence-electron chi connectivity index (χ1n) is 7.20. The van der Waals surface area contributed by atoms with Crippen LogP contribution in [0.4, 0.5) is 10.1 Å². The number of benzene rings is 2. The summed E-state index contributed by atoms with van der Waals surface area (Å²) < 4.78 is 13.9. The number of anilines is 1. The molecule has 1 atom stereocenters. The summed E-state index contributed by atoms with van der Waals surface area (Å²) in [5, 5.41) is 7.29. The molecule has 0 spiro atoms. The number of oxime groups is 1. The Hall–Kier alpha value is -2.11. The molecule has 0 bridgehead atoms. The molecule has 2 aromatic rings. The van der Waals surface area contributed by atoms with Gasteiger partial charge in [-0.15, -0.1) is 0 Å². The maximum absolute atomic E-state index is 13.9. The van der Waals surface area contributed by atoms with Crippen LogP contribution in [0.15, 0.2) is 41.6 Å². The van der Waals surface area contributed by atoms with Crippen molar-refractivity contribution in [2.75, 3.05) is 5.32 Å². The number of nitrogens with one attached hydrogen (secondary N) is 1. The summed E-state index contributed by atoms with van der Waals surface area (Å²) in [6, 6.07) is 9.54. The van der Waals surface area contributed by atoms with Gasteiger partial charge >= 0.3 is 0 Å². The Balaban J connectivity index is 1.70. The van der Waals surface area contributed by atoms with Crippen LogP contribution in [0.25, 0.3) is 0 Å². The third kappa shape index (κ3) is 3.37. The van der Waals surface area contributed by atoms with Gasteiger partial charge in [-0.25, -0.2) is 4.39 Å². The summed E-state index contributed by atoms with van der Waals surface area (Å²) in [7, 11) is 0. The number of aryl methyl sites for hydroxylation is 1. The van der Waals surface area contributed by atoms with E-state index in [1.807, 2.05) is 6.92 Å². The molecular weight excluding hydrogens is 354 g/mol. The summed E-state index contributed by atoms with van der Waals surface area (Å²) in [6.45, 7) is 1.87. The zero-order valence-corrected chi connectivity index (χ0v) is 14.2. The quantitative estimate of drug-likeness (QED) is 0.864. The molecule has 1 amide bonds. The topological polar surface area (TPSA) is 50.7 Å². The summed E-state index contributed by atoms with van der Waals surface area (Å²) >= 11 is 12.0. The molecule has 124 valence electrons. The Kier molecular flexibility index (Phi) is 4.73. The van der Waals surface area contributed by atoms with Crippen LogP contribution in [0.1, 0.15) is 17.5 Å². The van der Waals surface area contributed by atoms with Crippen molar-refractivity contribution < 1.29 is 14.0 Å². The molecule has 1 aliphatic heterocycles. The molecule has 7 heteroatoms. The van der Waals surface area contributed by atoms with Crippen molar-refractivity contribution in [1.82, 2.24) is 0 Å². The number of halogens is 3. The Morgan fingerprint density at radius 1 is 1.29 bits per heavy atom. The Morgan fingerprint density at radius 2 is 2.08 bits per heavy atom. The summed E-state index contributed by atoms with van der Waals surface area (Å²) in [5.74, 6) is -0.891. The molecule has 0 fully saturated rings. The number of hydrogen-bond acceptors (Lipinski definition) is 3. The van der Waals surface area contributed by atoms with E-state index in [2.05, 4.69) is 10.5 Å². The molecule has 0 aliphatic carbocycles. The molecule has 1 unspecified atom stereocenters. The fourth-order valence-corrected chi connectivity index (χ4v) is 2.79. The fourth-order valence-electron chi connectivity index (χ4n) is 2.33. The molecule has 0 radical (unpaired) electrons. The van der Waals surface area contributed by atoms with E-state index in [0.29, 0.717) is 16.4 Å². The van der Waals surface area contributed by atoms with Crippen molar-refractivity contribution in [2.45, 2.75) is 19.4 Å². The van der Waals surface area contributed by atoms with Gasteiger partial charge < -0.3 is 10.2 Å². The van der Waals surface area contributed by atoms with Crippen LogP contribution >= 0.6 is 23.2 Å². The van der Waals surface area contributed by atoms with E-state index in [1.165, 1.54) is 12.1 Å². The van der Waals surface area contributed by atoms with E-state index in [-0.39, 0.29) is 22.9 Å². The molecule has 1 N–H and O–H groups in total. The molecule has 2 aromatic carbocycles. The molecule has 0 saturated carbocycles. The number of nitrogens with zero attached hydrogens (tertiary/aromatic N) is 1. The highest BCUT2D eigenvalue weighted by atomic mass is 35.5. The lowest BCUT2D eigenvalue weighted by Gasteiger charge is -2.10. The third-order valence-corrected chi connectivity index (χ3v) is 4.37. The number of rotatable bonds is 3. The predicted molar refractivity (Wildman–Crippen MR) is 92.3 cm³/mol. The normalized spacial score (nSPS) is 16.5. The highest BCUT2D eigenvalue weighted by Crippen LogP contribution is 2.26. The van der Waals surface area contributed by atoms with Crippen molar-refractivity contribution in [3.63, 3.8) is 0 Å². The zero-order valence-electron chi connectivity index (χ0n) is 12.6. The molecule has 1 heterocycles. The lowest BCUT2D eigenvalue weighted by Crippen LogP contribution is -2.28. The highest BCUT2D eigenvalue weighted by Gasteiger charge is 2.31. The summed E-state index contributed by atoms with van der Waals surface area (Å²) in [6.07, 6.45) is -0.720. The Labute approximate surface area is 148 Å². The van der Waals surface area contributed by atoms with Gasteiger partial charge in [-0.2, -0.15) is 0 Å². The van der Waals surface area contributed by atoms with E-state index in [9.17, 15) is 9.18 Å². The van der Waals surface area contributed by atoms with Crippen molar-refractivity contribution >= 4 is 40.5 Å². The molecule has 0 aromatic heterocycles. The van der Waals surface area contributed by atoms with Gasteiger partial charge in [0.2, 0.25) is 6.10 Å². The second kappa shape index (κ2) is 6.79. The average molecular weight is 367 g/mol. The van der Waals surface area contributed by atoms with Crippen molar-refractivity contribution in [2.24, 2.45) is 5.16 Å². The second-order valence-electron chi connectivity index (χ2n) is 5.39. The largest absolute Gasteiger partial charge is 0.382 e. The highest BCUT2D eigenvalue weighted by molar-refractivity contribution is 6.34. The fraction of sp³-hybridized carbons (Fsp3) is 0.176. The van der Waals surface area contributed by atoms with Gasteiger partial charge in [0.25, 0.3) is 5.91 Å². The molecule has 0 saturated heterocycles. The maximum Gasteiger partial charge on any atom is 0.268 e. The molecule has 24 heavy (non-hydrogen) atoms. The Bertz CT molecular complexity index is 819. The average Bonchev–Trinajstić information content (AvgIpc) is 3.00. The SMILES string of the molecule is Cc1ccc(NC(=O)C2CC(c3c(F)cccc3Cl)=NO2)cc1Cl. The second-order valence-corrected chi connectivity index (χ2v) is 6.20. The van der Waals surface area contributed by atoms with Crippen LogP contribution in [0, 0.1) is 12.7 Å². The van der Waals surface area contributed by atoms with Gasteiger partial charge in [-0.3, -0.25) is 4.79 Å². The van der Waals surface area contributed by atoms with Gasteiger partial charge in [0.05, 0.1) is 16.3 Å². The minimum Gasteiger partial charge on any atom is -0.382 e. The number of amides is 1. The van der Waals surface area contributed by atoms with Crippen molar-refractivity contribution in [3.05, 3.63) is 63.4 Å². The Morgan fingerprint density at radius 3 is 2.79 bits per heavy atom. The first kappa shape index (κ1) is 16.7. The van der Waals surface area contributed by atoms with Crippen molar-refractivity contribution in [1.29, 1.82) is 0 Å². The van der Waals surface area contributed by atoms with Crippen LogP contribution in [-0.2, 0) is 9.63 Å². The van der Waals surface area contributed by atoms with E-state index < -0.39 is 11.9 Å². The monoisotopic (exact) mass is 366 g/mol. The van der Waals surface area contributed by atoms with Gasteiger partial charge in [0, 0.05) is 17.1 Å². The number of carbonyl (C=O) groups is 1. The lowest BCUT2D eigenvalue weighted by molar-refractivity contribution is -0.125. The summed E-state index contributed by atoms with van der Waals surface area (Å²) in [4.78, 5) is 17.4. The van der Waals surface area contributed by atoms with Gasteiger partial charge in [0.15, 0.2) is 0 Å². The van der Waals surface area contributed by atoms with Crippen molar-refractivity contribution in [3.8, 4) is 0 Å². The van der Waals surface area contributed by atoms with Gasteiger partial charge in [0.1, 0.15) is 5.82 Å². The predicted octanol–water partition coefficient (Wildman–Crippen LogP) is 4.57. The van der Waals surface area contributed by atoms with Crippen LogP contribution in [-0.4, -0.2) is 17.7 Å². The van der Waals surface area contributed by atoms with E-state index in [0.717, 1.165) is 5.56 Å². The lowest BCUT2D eigenvalue weighted by atomic mass is 10.0. The maximum atomic E-state index is 13.9. The smallest absolute Gasteiger partial charge is 0.268 e. The van der Waals surface area contributed by atoms with Crippen LogP contribution in [0.3, 0.4) is 0 Å². The molecule has 3 rings (SSSR count). The first-order chi connectivity index (χ1) is 11.5. The minimum atomic E-state index is -0.851. The number of hydrogen-bond donors (Lipinski definition) is 1. The van der Waals surface area contributed by atoms with E-state index in [1.54, 1.807) is 24.3 Å². The standard InChI is InChI=1S/C17H13Cl2FN2O2/c1-9-5-6-10(7-12(9)19)21-17(23)15-8-14(22-24-15)16-11(18)3-2-4-13(16)20/h2-7,15H,8H2,1H3,(H,21,23). The van der Waals surface area contributed by atoms with Crippen LogP contribution < -0.4 is 5.32 Å². The first-order valence-corrected chi connectivity index (χ1v) is 7.95.